The maximum Gasteiger partial charge on any atom is 0.110 e. The first-order valence-electron chi connectivity index (χ1n) is 9.67. The number of fused-ring (bicyclic) bond motifs is 4. The van der Waals surface area contributed by atoms with E-state index in [0.29, 0.717) is 21.6 Å². The Morgan fingerprint density at radius 3 is 2.10 bits per heavy atom. The van der Waals surface area contributed by atoms with Crippen molar-refractivity contribution in [2.24, 2.45) is 39.9 Å². The maximum atomic E-state index is 2.72. The molecule has 4 saturated carbocycles. The van der Waals surface area contributed by atoms with Crippen molar-refractivity contribution in [3.8, 4) is 0 Å². The molecule has 0 saturated heterocycles. The van der Waals surface area contributed by atoms with Gasteiger partial charge in [0.2, 0.25) is 0 Å². The first kappa shape index (κ1) is 14.6. The Bertz CT molecular complexity index is 456. The zero-order valence-electron chi connectivity index (χ0n) is 15.3. The summed E-state index contributed by atoms with van der Waals surface area (Å²) in [6.45, 7) is 13.0. The summed E-state index contributed by atoms with van der Waals surface area (Å²) in [6.07, 6.45) is 10.6. The molecule has 0 aliphatic heterocycles. The van der Waals surface area contributed by atoms with Crippen LogP contribution in [0.1, 0.15) is 79.6 Å². The SMILES string of the molecule is B[C@@]12CCC3([C@H](C)CC[C@@H]3C)[C@@H]1C[C@@]1(C)CCC(C)(C)[C@H]12. The molecule has 0 aromatic rings. The zero-order chi connectivity index (χ0) is 15.3. The normalized spacial score (nSPS) is 61.4. The largest absolute Gasteiger partial charge is 0.110 e. The van der Waals surface area contributed by atoms with Crippen molar-refractivity contribution in [1.82, 2.24) is 0 Å². The van der Waals surface area contributed by atoms with Gasteiger partial charge in [-0.05, 0) is 78.4 Å². The van der Waals surface area contributed by atoms with Gasteiger partial charge in [0.1, 0.15) is 7.85 Å². The molecule has 7 atom stereocenters. The molecule has 1 unspecified atom stereocenters. The van der Waals surface area contributed by atoms with Gasteiger partial charge in [0.15, 0.2) is 0 Å². The highest BCUT2D eigenvalue weighted by atomic mass is 14.8. The molecule has 21 heavy (non-hydrogen) atoms. The summed E-state index contributed by atoms with van der Waals surface area (Å²) in [5.74, 6) is 3.95. The van der Waals surface area contributed by atoms with Gasteiger partial charge in [-0.3, -0.25) is 0 Å². The summed E-state index contributed by atoms with van der Waals surface area (Å²) < 4.78 is 0. The van der Waals surface area contributed by atoms with Crippen LogP contribution in [0.2, 0.25) is 5.31 Å². The first-order chi connectivity index (χ1) is 9.67. The zero-order valence-corrected chi connectivity index (χ0v) is 15.3. The van der Waals surface area contributed by atoms with Gasteiger partial charge >= 0.3 is 0 Å². The van der Waals surface area contributed by atoms with Gasteiger partial charge in [-0.2, -0.15) is 0 Å². The lowest BCUT2D eigenvalue weighted by atomic mass is 9.50. The summed E-state index contributed by atoms with van der Waals surface area (Å²) in [4.78, 5) is 0. The van der Waals surface area contributed by atoms with Crippen LogP contribution in [0, 0.1) is 39.9 Å². The van der Waals surface area contributed by atoms with Crippen molar-refractivity contribution in [3.05, 3.63) is 0 Å². The first-order valence-corrected chi connectivity index (χ1v) is 9.67. The van der Waals surface area contributed by atoms with Crippen LogP contribution in [0.25, 0.3) is 0 Å². The van der Waals surface area contributed by atoms with Crippen molar-refractivity contribution in [1.29, 1.82) is 0 Å². The Labute approximate surface area is 133 Å². The van der Waals surface area contributed by atoms with Gasteiger partial charge in [-0.1, -0.05) is 46.4 Å². The standard InChI is InChI=1S/C20H35B/c1-13-6-7-14(2)19(13)10-11-20(21)15(19)12-18(5)9-8-17(3,4)16(18)20/h13-16H,6-12,21H2,1-5H3/t13-,14+,15-,16+,18+,19?,20-/m0/s1. The van der Waals surface area contributed by atoms with Crippen LogP contribution in [0.4, 0.5) is 0 Å². The third-order valence-electron chi connectivity index (χ3n) is 9.56. The average Bonchev–Trinajstić information content (AvgIpc) is 2.98. The number of hydrogen-bond acceptors (Lipinski definition) is 0. The molecule has 1 spiro atoms. The number of rotatable bonds is 0. The molecule has 0 radical (unpaired) electrons. The Balaban J connectivity index is 1.81. The minimum absolute atomic E-state index is 0.578. The van der Waals surface area contributed by atoms with Gasteiger partial charge in [0, 0.05) is 0 Å². The van der Waals surface area contributed by atoms with Gasteiger partial charge in [-0.15, -0.1) is 0 Å². The van der Waals surface area contributed by atoms with Crippen molar-refractivity contribution in [2.75, 3.05) is 0 Å². The monoisotopic (exact) mass is 286 g/mol. The van der Waals surface area contributed by atoms with Crippen molar-refractivity contribution in [2.45, 2.75) is 84.9 Å². The fourth-order valence-corrected chi connectivity index (χ4v) is 9.13. The fraction of sp³-hybridized carbons (Fsp3) is 1.00. The average molecular weight is 286 g/mol. The summed E-state index contributed by atoms with van der Waals surface area (Å²) >= 11 is 0. The van der Waals surface area contributed by atoms with Crippen LogP contribution in [-0.2, 0) is 0 Å². The minimum Gasteiger partial charge on any atom is -0.0620 e. The van der Waals surface area contributed by atoms with E-state index in [1.165, 1.54) is 32.1 Å². The molecule has 0 aromatic heterocycles. The van der Waals surface area contributed by atoms with Crippen LogP contribution in [0.15, 0.2) is 0 Å². The topological polar surface area (TPSA) is 0 Å². The van der Waals surface area contributed by atoms with Crippen molar-refractivity contribution < 1.29 is 0 Å². The van der Waals surface area contributed by atoms with Gasteiger partial charge in [0.25, 0.3) is 0 Å². The van der Waals surface area contributed by atoms with E-state index in [4.69, 9.17) is 0 Å². The third kappa shape index (κ3) is 1.50. The summed E-state index contributed by atoms with van der Waals surface area (Å²) in [7, 11) is 2.72. The predicted octanol–water partition coefficient (Wildman–Crippen LogP) is 5.09. The van der Waals surface area contributed by atoms with Crippen LogP contribution < -0.4 is 0 Å². The third-order valence-corrected chi connectivity index (χ3v) is 9.56. The van der Waals surface area contributed by atoms with Gasteiger partial charge in [0.05, 0.1) is 0 Å². The second-order valence-electron chi connectivity index (χ2n) is 10.8. The van der Waals surface area contributed by atoms with Crippen molar-refractivity contribution >= 4 is 7.85 Å². The van der Waals surface area contributed by atoms with E-state index >= 15 is 0 Å². The molecule has 0 nitrogen and oxygen atoms in total. The van der Waals surface area contributed by atoms with E-state index in [1.54, 1.807) is 12.8 Å². The quantitative estimate of drug-likeness (QED) is 0.544. The summed E-state index contributed by atoms with van der Waals surface area (Å²) in [5.41, 5.74) is 1.94. The smallest absolute Gasteiger partial charge is 0.0620 e. The molecule has 0 aromatic carbocycles. The van der Waals surface area contributed by atoms with E-state index in [2.05, 4.69) is 42.5 Å². The molecule has 4 rings (SSSR count). The fourth-order valence-electron chi connectivity index (χ4n) is 9.13. The molecule has 4 aliphatic carbocycles. The minimum atomic E-state index is 0.578. The summed E-state index contributed by atoms with van der Waals surface area (Å²) in [6, 6.07) is 0. The van der Waals surface area contributed by atoms with E-state index < -0.39 is 0 Å². The molecular formula is C20H35B. The Hall–Kier alpha value is 0.0649. The molecule has 4 fully saturated rings. The maximum absolute atomic E-state index is 2.72. The molecule has 0 amide bonds. The van der Waals surface area contributed by atoms with E-state index in [1.807, 2.05) is 0 Å². The Morgan fingerprint density at radius 1 is 0.857 bits per heavy atom. The Kier molecular flexibility index (Phi) is 2.74. The van der Waals surface area contributed by atoms with Crippen LogP contribution in [0.3, 0.4) is 0 Å². The van der Waals surface area contributed by atoms with Crippen LogP contribution in [-0.4, -0.2) is 7.85 Å². The molecule has 0 bridgehead atoms. The van der Waals surface area contributed by atoms with Crippen LogP contribution in [0.5, 0.6) is 0 Å². The van der Waals surface area contributed by atoms with Crippen molar-refractivity contribution in [3.63, 3.8) is 0 Å². The second-order valence-corrected chi connectivity index (χ2v) is 10.8. The summed E-state index contributed by atoms with van der Waals surface area (Å²) in [5, 5.41) is 0.640. The van der Waals surface area contributed by atoms with Gasteiger partial charge in [-0.25, -0.2) is 0 Å². The number of hydrogen-bond donors (Lipinski definition) is 0. The lowest BCUT2D eigenvalue weighted by Gasteiger charge is -2.45. The van der Waals surface area contributed by atoms with E-state index in [9.17, 15) is 0 Å². The molecular weight excluding hydrogens is 251 g/mol. The molecule has 118 valence electrons. The lowest BCUT2D eigenvalue weighted by molar-refractivity contribution is 0.0745. The lowest BCUT2D eigenvalue weighted by Crippen LogP contribution is -2.38. The highest BCUT2D eigenvalue weighted by Gasteiger charge is 2.72. The van der Waals surface area contributed by atoms with Gasteiger partial charge < -0.3 is 0 Å². The molecule has 4 aliphatic rings. The molecule has 0 N–H and O–H groups in total. The van der Waals surface area contributed by atoms with E-state index in [0.717, 1.165) is 23.7 Å². The highest BCUT2D eigenvalue weighted by molar-refractivity contribution is 6.16. The second kappa shape index (κ2) is 3.93. The van der Waals surface area contributed by atoms with E-state index in [-0.39, 0.29) is 0 Å². The highest BCUT2D eigenvalue weighted by Crippen LogP contribution is 2.82. The Morgan fingerprint density at radius 2 is 1.48 bits per heavy atom. The molecule has 1 heteroatoms. The van der Waals surface area contributed by atoms with Crippen LogP contribution >= 0.6 is 0 Å². The predicted molar refractivity (Wildman–Crippen MR) is 93.2 cm³/mol. The molecule has 0 heterocycles.